The number of benzene rings is 1. The van der Waals surface area contributed by atoms with Gasteiger partial charge in [0.1, 0.15) is 5.82 Å². The van der Waals surface area contributed by atoms with Gasteiger partial charge in [-0.1, -0.05) is 31.0 Å². The Hall–Kier alpha value is -0.930. The molecule has 2 rings (SSSR count). The third-order valence-electron chi connectivity index (χ3n) is 4.52. The summed E-state index contributed by atoms with van der Waals surface area (Å²) >= 11 is 0. The Balaban J connectivity index is 1.95. The van der Waals surface area contributed by atoms with Gasteiger partial charge in [0.2, 0.25) is 0 Å². The molecule has 2 atom stereocenters. The number of hydrogen-bond acceptors (Lipinski definition) is 2. The Labute approximate surface area is 115 Å². The van der Waals surface area contributed by atoms with E-state index in [0.717, 1.165) is 12.1 Å². The van der Waals surface area contributed by atoms with E-state index in [4.69, 9.17) is 5.73 Å². The molecule has 0 saturated heterocycles. The maximum Gasteiger partial charge on any atom is 0.127 e. The first-order valence-electron chi connectivity index (χ1n) is 7.30. The molecule has 0 bridgehead atoms. The number of hydrogen-bond donors (Lipinski definition) is 1. The Morgan fingerprint density at radius 1 is 1.32 bits per heavy atom. The van der Waals surface area contributed by atoms with E-state index in [2.05, 4.69) is 4.90 Å². The molecule has 19 heavy (non-hydrogen) atoms. The van der Waals surface area contributed by atoms with Crippen LogP contribution >= 0.6 is 0 Å². The van der Waals surface area contributed by atoms with Crippen molar-refractivity contribution < 1.29 is 4.39 Å². The largest absolute Gasteiger partial charge is 0.326 e. The van der Waals surface area contributed by atoms with E-state index < -0.39 is 0 Å². The fourth-order valence-electron chi connectivity index (χ4n) is 3.08. The maximum absolute atomic E-state index is 13.8. The van der Waals surface area contributed by atoms with Crippen molar-refractivity contribution in [3.63, 3.8) is 0 Å². The molecule has 1 aromatic rings. The predicted octanol–water partition coefficient (Wildman–Crippen LogP) is 3.34. The van der Waals surface area contributed by atoms with E-state index in [0.29, 0.717) is 5.92 Å². The molecule has 1 aliphatic rings. The van der Waals surface area contributed by atoms with Gasteiger partial charge in [-0.3, -0.25) is 4.90 Å². The maximum atomic E-state index is 13.8. The lowest BCUT2D eigenvalue weighted by atomic mass is 9.97. The molecule has 3 heteroatoms. The molecule has 0 radical (unpaired) electrons. The second-order valence-electron chi connectivity index (χ2n) is 5.85. The highest BCUT2D eigenvalue weighted by atomic mass is 19.1. The van der Waals surface area contributed by atoms with E-state index in [1.165, 1.54) is 31.7 Å². The first-order valence-corrected chi connectivity index (χ1v) is 7.30. The Bertz CT molecular complexity index is 401. The minimum atomic E-state index is -0.128. The fraction of sp³-hybridized carbons (Fsp3) is 0.625. The fourth-order valence-corrected chi connectivity index (χ4v) is 3.08. The average Bonchev–Trinajstić information content (AvgIpc) is 2.92. The molecule has 1 aliphatic carbocycles. The highest BCUT2D eigenvalue weighted by Crippen LogP contribution is 2.28. The van der Waals surface area contributed by atoms with Crippen molar-refractivity contribution in [3.05, 3.63) is 35.6 Å². The molecule has 0 amide bonds. The summed E-state index contributed by atoms with van der Waals surface area (Å²) in [6.07, 6.45) is 5.13. The van der Waals surface area contributed by atoms with Gasteiger partial charge in [-0.05, 0) is 38.8 Å². The summed E-state index contributed by atoms with van der Waals surface area (Å²) in [4.78, 5) is 2.17. The van der Waals surface area contributed by atoms with E-state index in [1.54, 1.807) is 6.07 Å². The molecule has 0 aliphatic heterocycles. The van der Waals surface area contributed by atoms with Gasteiger partial charge in [-0.2, -0.15) is 0 Å². The normalized spacial score (nSPS) is 19.8. The van der Waals surface area contributed by atoms with Crippen LogP contribution in [-0.4, -0.2) is 24.5 Å². The smallest absolute Gasteiger partial charge is 0.127 e. The van der Waals surface area contributed by atoms with Crippen molar-refractivity contribution in [3.8, 4) is 0 Å². The third-order valence-corrected chi connectivity index (χ3v) is 4.52. The predicted molar refractivity (Wildman–Crippen MR) is 77.4 cm³/mol. The van der Waals surface area contributed by atoms with Gasteiger partial charge in [-0.15, -0.1) is 0 Å². The van der Waals surface area contributed by atoms with Crippen LogP contribution in [0.3, 0.4) is 0 Å². The van der Waals surface area contributed by atoms with E-state index in [9.17, 15) is 4.39 Å². The molecule has 2 unspecified atom stereocenters. The van der Waals surface area contributed by atoms with Crippen LogP contribution in [0.1, 0.15) is 44.2 Å². The van der Waals surface area contributed by atoms with Crippen molar-refractivity contribution in [1.29, 1.82) is 0 Å². The van der Waals surface area contributed by atoms with Crippen LogP contribution in [0.25, 0.3) is 0 Å². The van der Waals surface area contributed by atoms with Crippen molar-refractivity contribution in [2.75, 3.05) is 13.6 Å². The monoisotopic (exact) mass is 264 g/mol. The standard InChI is InChI=1S/C16H25FN2/c1-12(14-9-5-6-10-15(14)17)19(2)11-16(18)13-7-3-4-8-13/h5-6,9-10,12-13,16H,3-4,7-8,11,18H2,1-2H3. The average molecular weight is 264 g/mol. The zero-order chi connectivity index (χ0) is 13.8. The molecule has 0 spiro atoms. The summed E-state index contributed by atoms with van der Waals surface area (Å²) in [5.41, 5.74) is 7.05. The van der Waals surface area contributed by atoms with Crippen LogP contribution < -0.4 is 5.73 Å². The second-order valence-corrected chi connectivity index (χ2v) is 5.85. The number of halogens is 1. The lowest BCUT2D eigenvalue weighted by molar-refractivity contribution is 0.216. The number of likely N-dealkylation sites (N-methyl/N-ethyl adjacent to an activating group) is 1. The van der Waals surface area contributed by atoms with Gasteiger partial charge in [-0.25, -0.2) is 4.39 Å². The number of nitrogens with zero attached hydrogens (tertiary/aromatic N) is 1. The van der Waals surface area contributed by atoms with Gasteiger partial charge in [0.25, 0.3) is 0 Å². The summed E-state index contributed by atoms with van der Waals surface area (Å²) in [7, 11) is 2.03. The number of nitrogens with two attached hydrogens (primary N) is 1. The van der Waals surface area contributed by atoms with E-state index in [-0.39, 0.29) is 17.9 Å². The molecular weight excluding hydrogens is 239 g/mol. The van der Waals surface area contributed by atoms with Crippen LogP contribution in [0, 0.1) is 11.7 Å². The van der Waals surface area contributed by atoms with Crippen molar-refractivity contribution in [2.24, 2.45) is 11.7 Å². The van der Waals surface area contributed by atoms with Crippen LogP contribution in [0.15, 0.2) is 24.3 Å². The molecule has 1 saturated carbocycles. The third kappa shape index (κ3) is 3.54. The molecular formula is C16H25FN2. The van der Waals surface area contributed by atoms with Gasteiger partial charge < -0.3 is 5.73 Å². The molecule has 106 valence electrons. The first-order chi connectivity index (χ1) is 9.09. The summed E-state index contributed by atoms with van der Waals surface area (Å²) in [6, 6.07) is 7.28. The lowest BCUT2D eigenvalue weighted by Gasteiger charge is -2.30. The Morgan fingerprint density at radius 3 is 2.58 bits per heavy atom. The van der Waals surface area contributed by atoms with Crippen LogP contribution in [-0.2, 0) is 0 Å². The van der Waals surface area contributed by atoms with Crippen molar-refractivity contribution in [1.82, 2.24) is 4.90 Å². The molecule has 1 aromatic carbocycles. The van der Waals surface area contributed by atoms with Gasteiger partial charge in [0, 0.05) is 24.2 Å². The summed E-state index contributed by atoms with van der Waals surface area (Å²) in [5, 5.41) is 0. The van der Waals surface area contributed by atoms with Gasteiger partial charge in [0.15, 0.2) is 0 Å². The molecule has 1 fully saturated rings. The zero-order valence-corrected chi connectivity index (χ0v) is 12.0. The molecule has 0 aromatic heterocycles. The topological polar surface area (TPSA) is 29.3 Å². The van der Waals surface area contributed by atoms with E-state index >= 15 is 0 Å². The van der Waals surface area contributed by atoms with Crippen LogP contribution in [0.2, 0.25) is 0 Å². The highest BCUT2D eigenvalue weighted by Gasteiger charge is 2.25. The molecule has 0 heterocycles. The summed E-state index contributed by atoms with van der Waals surface area (Å²) < 4.78 is 13.8. The van der Waals surface area contributed by atoms with E-state index in [1.807, 2.05) is 26.1 Å². The summed E-state index contributed by atoms with van der Waals surface area (Å²) in [6.45, 7) is 2.87. The number of rotatable bonds is 5. The lowest BCUT2D eigenvalue weighted by Crippen LogP contribution is -2.41. The SMILES string of the molecule is CC(c1ccccc1F)N(C)CC(N)C1CCCC1. The molecule has 2 N–H and O–H groups in total. The molecule has 2 nitrogen and oxygen atoms in total. The van der Waals surface area contributed by atoms with Crippen LogP contribution in [0.4, 0.5) is 4.39 Å². The Morgan fingerprint density at radius 2 is 1.95 bits per heavy atom. The van der Waals surface area contributed by atoms with Gasteiger partial charge in [0.05, 0.1) is 0 Å². The van der Waals surface area contributed by atoms with Crippen molar-refractivity contribution >= 4 is 0 Å². The minimum absolute atomic E-state index is 0.0636. The quantitative estimate of drug-likeness (QED) is 0.884. The Kier molecular flexibility index (Phi) is 4.94. The van der Waals surface area contributed by atoms with Crippen LogP contribution in [0.5, 0.6) is 0 Å². The van der Waals surface area contributed by atoms with Crippen molar-refractivity contribution in [2.45, 2.75) is 44.7 Å². The second kappa shape index (κ2) is 6.49. The zero-order valence-electron chi connectivity index (χ0n) is 12.0. The summed E-state index contributed by atoms with van der Waals surface area (Å²) in [5.74, 6) is 0.520. The van der Waals surface area contributed by atoms with Gasteiger partial charge >= 0.3 is 0 Å². The highest BCUT2D eigenvalue weighted by molar-refractivity contribution is 5.20. The minimum Gasteiger partial charge on any atom is -0.326 e. The first kappa shape index (κ1) is 14.5.